The Morgan fingerprint density at radius 1 is 1.19 bits per heavy atom. The zero-order valence-electron chi connectivity index (χ0n) is 11.5. The van der Waals surface area contributed by atoms with Gasteiger partial charge in [0.05, 0.1) is 0 Å². The number of hydrogen-bond acceptors (Lipinski definition) is 3. The zero-order chi connectivity index (χ0) is 15.7. The van der Waals surface area contributed by atoms with Crippen molar-refractivity contribution < 1.29 is 19.5 Å². The molecule has 21 heavy (non-hydrogen) atoms. The van der Waals surface area contributed by atoms with Crippen LogP contribution in [0.5, 0.6) is 0 Å². The van der Waals surface area contributed by atoms with Crippen molar-refractivity contribution in [3.8, 4) is 0 Å². The summed E-state index contributed by atoms with van der Waals surface area (Å²) < 4.78 is 0. The molecule has 0 heterocycles. The highest BCUT2D eigenvalue weighted by molar-refractivity contribution is 5.82. The Balaban J connectivity index is 2.41. The molecule has 1 atom stereocenters. The van der Waals surface area contributed by atoms with Crippen LogP contribution in [0.2, 0.25) is 0 Å². The summed E-state index contributed by atoms with van der Waals surface area (Å²) in [6, 6.07) is 7.44. The summed E-state index contributed by atoms with van der Waals surface area (Å²) in [4.78, 5) is 33.3. The summed E-state index contributed by atoms with van der Waals surface area (Å²) in [7, 11) is 0. The number of primary amides is 1. The van der Waals surface area contributed by atoms with Crippen LogP contribution in [0, 0.1) is 0 Å². The van der Waals surface area contributed by atoms with Crippen LogP contribution in [0.3, 0.4) is 0 Å². The third kappa shape index (κ3) is 6.95. The van der Waals surface area contributed by atoms with Gasteiger partial charge in [0, 0.05) is 19.4 Å². The van der Waals surface area contributed by atoms with Gasteiger partial charge in [-0.15, -0.1) is 0 Å². The fraction of sp³-hybridized carbons (Fsp3) is 0.357. The number of nitrogens with one attached hydrogen (secondary N) is 2. The summed E-state index contributed by atoms with van der Waals surface area (Å²) in [5.74, 6) is -1.55. The Hall–Kier alpha value is -2.57. The molecule has 1 unspecified atom stereocenters. The van der Waals surface area contributed by atoms with Gasteiger partial charge in [-0.25, -0.2) is 9.59 Å². The number of carboxylic acids is 1. The summed E-state index contributed by atoms with van der Waals surface area (Å²) in [5.41, 5.74) is 5.79. The van der Waals surface area contributed by atoms with Gasteiger partial charge in [-0.05, 0) is 12.0 Å². The number of benzene rings is 1. The van der Waals surface area contributed by atoms with E-state index in [0.29, 0.717) is 6.42 Å². The molecule has 0 bridgehead atoms. The number of hydrogen-bond donors (Lipinski definition) is 4. The van der Waals surface area contributed by atoms with Crippen LogP contribution >= 0.6 is 0 Å². The molecular formula is C14H19N3O4. The molecule has 0 aliphatic rings. The van der Waals surface area contributed by atoms with Gasteiger partial charge < -0.3 is 21.5 Å². The van der Waals surface area contributed by atoms with Crippen LogP contribution in [0.4, 0.5) is 4.79 Å². The lowest BCUT2D eigenvalue weighted by molar-refractivity contribution is -0.139. The molecule has 0 aromatic heterocycles. The maximum atomic E-state index is 11.6. The lowest BCUT2D eigenvalue weighted by Crippen LogP contribution is -2.47. The van der Waals surface area contributed by atoms with E-state index < -0.39 is 23.9 Å². The Labute approximate surface area is 122 Å². The second-order valence-corrected chi connectivity index (χ2v) is 4.55. The van der Waals surface area contributed by atoms with Gasteiger partial charge in [0.25, 0.3) is 0 Å². The molecule has 0 spiro atoms. The molecule has 114 valence electrons. The first-order chi connectivity index (χ1) is 9.99. The molecule has 1 aromatic rings. The van der Waals surface area contributed by atoms with Crippen LogP contribution in [0.15, 0.2) is 30.3 Å². The van der Waals surface area contributed by atoms with Crippen molar-refractivity contribution in [2.75, 3.05) is 6.54 Å². The van der Waals surface area contributed by atoms with Crippen LogP contribution in [0.25, 0.3) is 0 Å². The number of carbonyl (C=O) groups is 3. The van der Waals surface area contributed by atoms with E-state index in [2.05, 4.69) is 10.6 Å². The van der Waals surface area contributed by atoms with E-state index in [1.54, 1.807) is 24.3 Å². The van der Waals surface area contributed by atoms with Crippen molar-refractivity contribution in [1.82, 2.24) is 10.6 Å². The number of urea groups is 1. The topological polar surface area (TPSA) is 122 Å². The van der Waals surface area contributed by atoms with Crippen LogP contribution in [-0.4, -0.2) is 35.6 Å². The van der Waals surface area contributed by atoms with E-state index >= 15 is 0 Å². The first-order valence-electron chi connectivity index (χ1n) is 6.58. The Morgan fingerprint density at radius 2 is 1.86 bits per heavy atom. The normalized spacial score (nSPS) is 11.4. The van der Waals surface area contributed by atoms with Crippen LogP contribution in [-0.2, 0) is 16.0 Å². The van der Waals surface area contributed by atoms with Gasteiger partial charge >= 0.3 is 12.0 Å². The zero-order valence-corrected chi connectivity index (χ0v) is 11.5. The predicted octanol–water partition coefficient (Wildman–Crippen LogP) is 0.247. The van der Waals surface area contributed by atoms with Crippen molar-refractivity contribution in [3.05, 3.63) is 35.9 Å². The molecule has 0 radical (unpaired) electrons. The quantitative estimate of drug-likeness (QED) is 0.513. The molecule has 7 heteroatoms. The highest BCUT2D eigenvalue weighted by atomic mass is 16.4. The standard InChI is InChI=1S/C14H19N3O4/c15-12(18)7-4-8-16-14(21)17-11(13(19)20)9-10-5-2-1-3-6-10/h1-3,5-6,11H,4,7-9H2,(H2,15,18)(H,19,20)(H2,16,17,21). The fourth-order valence-electron chi connectivity index (χ4n) is 1.72. The monoisotopic (exact) mass is 293 g/mol. The molecule has 0 aliphatic heterocycles. The van der Waals surface area contributed by atoms with Gasteiger partial charge in [-0.3, -0.25) is 4.79 Å². The maximum Gasteiger partial charge on any atom is 0.326 e. The summed E-state index contributed by atoms with van der Waals surface area (Å²) >= 11 is 0. The van der Waals surface area contributed by atoms with Gasteiger partial charge in [-0.2, -0.15) is 0 Å². The summed E-state index contributed by atoms with van der Waals surface area (Å²) in [6.45, 7) is 0.256. The van der Waals surface area contributed by atoms with E-state index in [1.165, 1.54) is 0 Å². The SMILES string of the molecule is NC(=O)CCCNC(=O)NC(Cc1ccccc1)C(=O)O. The van der Waals surface area contributed by atoms with Crippen molar-refractivity contribution >= 4 is 17.9 Å². The third-order valence-electron chi connectivity index (χ3n) is 2.77. The fourth-order valence-corrected chi connectivity index (χ4v) is 1.72. The first kappa shape index (κ1) is 16.5. The third-order valence-corrected chi connectivity index (χ3v) is 2.77. The van der Waals surface area contributed by atoms with E-state index in [4.69, 9.17) is 10.8 Å². The summed E-state index contributed by atoms with van der Waals surface area (Å²) in [5, 5.41) is 14.0. The van der Waals surface area contributed by atoms with Gasteiger partial charge in [0.15, 0.2) is 0 Å². The first-order valence-corrected chi connectivity index (χ1v) is 6.58. The lowest BCUT2D eigenvalue weighted by Gasteiger charge is -2.15. The number of nitrogens with two attached hydrogens (primary N) is 1. The Morgan fingerprint density at radius 3 is 2.43 bits per heavy atom. The highest BCUT2D eigenvalue weighted by Gasteiger charge is 2.20. The molecule has 0 saturated heterocycles. The highest BCUT2D eigenvalue weighted by Crippen LogP contribution is 2.03. The van der Waals surface area contributed by atoms with Gasteiger partial charge in [0.1, 0.15) is 6.04 Å². The number of carbonyl (C=O) groups excluding carboxylic acids is 2. The number of aliphatic carboxylic acids is 1. The molecule has 0 aliphatic carbocycles. The van der Waals surface area contributed by atoms with Gasteiger partial charge in [0.2, 0.25) is 5.91 Å². The molecule has 0 fully saturated rings. The Kier molecular flexibility index (Phi) is 6.73. The molecule has 5 N–H and O–H groups in total. The number of rotatable bonds is 8. The second kappa shape index (κ2) is 8.57. The van der Waals surface area contributed by atoms with Gasteiger partial charge in [-0.1, -0.05) is 30.3 Å². The van der Waals surface area contributed by atoms with E-state index in [0.717, 1.165) is 5.56 Å². The lowest BCUT2D eigenvalue weighted by atomic mass is 10.1. The molecule has 7 nitrogen and oxygen atoms in total. The van der Waals surface area contributed by atoms with E-state index in [-0.39, 0.29) is 19.4 Å². The molecule has 0 saturated carbocycles. The summed E-state index contributed by atoms with van der Waals surface area (Å²) in [6.07, 6.45) is 0.788. The Bertz CT molecular complexity index is 490. The number of amides is 3. The second-order valence-electron chi connectivity index (χ2n) is 4.55. The van der Waals surface area contributed by atoms with Crippen molar-refractivity contribution in [3.63, 3.8) is 0 Å². The van der Waals surface area contributed by atoms with Crippen molar-refractivity contribution in [2.45, 2.75) is 25.3 Å². The number of carboxylic acid groups (broad SMARTS) is 1. The molecule has 1 aromatic carbocycles. The minimum atomic E-state index is -1.11. The van der Waals surface area contributed by atoms with Crippen LogP contribution < -0.4 is 16.4 Å². The molecule has 1 rings (SSSR count). The van der Waals surface area contributed by atoms with Crippen molar-refractivity contribution in [2.24, 2.45) is 5.73 Å². The minimum Gasteiger partial charge on any atom is -0.480 e. The molecule has 3 amide bonds. The van der Waals surface area contributed by atoms with Crippen LogP contribution in [0.1, 0.15) is 18.4 Å². The van der Waals surface area contributed by atoms with E-state index in [1.807, 2.05) is 6.07 Å². The minimum absolute atomic E-state index is 0.173. The average Bonchev–Trinajstić information content (AvgIpc) is 2.44. The average molecular weight is 293 g/mol. The predicted molar refractivity (Wildman–Crippen MR) is 76.5 cm³/mol. The van der Waals surface area contributed by atoms with Crippen molar-refractivity contribution in [1.29, 1.82) is 0 Å². The maximum absolute atomic E-state index is 11.6. The molecular weight excluding hydrogens is 274 g/mol. The van der Waals surface area contributed by atoms with E-state index in [9.17, 15) is 14.4 Å². The smallest absolute Gasteiger partial charge is 0.326 e. The largest absolute Gasteiger partial charge is 0.480 e.